The van der Waals surface area contributed by atoms with Gasteiger partial charge < -0.3 is 15.8 Å². The predicted molar refractivity (Wildman–Crippen MR) is 79.4 cm³/mol. The van der Waals surface area contributed by atoms with Crippen LogP contribution in [-0.2, 0) is 4.79 Å². The number of carbonyl (C=O) groups excluding carboxylic acids is 1. The zero-order valence-corrected chi connectivity index (χ0v) is 12.6. The summed E-state index contributed by atoms with van der Waals surface area (Å²) in [5, 5.41) is 2.91. The molecule has 21 heavy (non-hydrogen) atoms. The van der Waals surface area contributed by atoms with Gasteiger partial charge in [-0.3, -0.25) is 4.79 Å². The zero-order valence-electron chi connectivity index (χ0n) is 12.6. The molecule has 5 heteroatoms. The summed E-state index contributed by atoms with van der Waals surface area (Å²) in [6.07, 6.45) is 3.56. The molecule has 1 unspecified atom stereocenters. The molecule has 3 N–H and O–H groups in total. The second kappa shape index (κ2) is 6.89. The molecule has 0 heterocycles. The Bertz CT molecular complexity index is 507. The maximum atomic E-state index is 13.7. The first-order valence-corrected chi connectivity index (χ1v) is 7.39. The summed E-state index contributed by atoms with van der Waals surface area (Å²) >= 11 is 0. The Morgan fingerprint density at radius 2 is 2.29 bits per heavy atom. The van der Waals surface area contributed by atoms with Crippen LogP contribution in [0.25, 0.3) is 0 Å². The van der Waals surface area contributed by atoms with Gasteiger partial charge in [-0.1, -0.05) is 12.5 Å². The third kappa shape index (κ3) is 3.94. The quantitative estimate of drug-likeness (QED) is 0.877. The fraction of sp³-hybridized carbons (Fsp3) is 0.562. The van der Waals surface area contributed by atoms with E-state index in [2.05, 4.69) is 5.32 Å². The first-order chi connectivity index (χ1) is 10.0. The molecule has 0 radical (unpaired) electrons. The van der Waals surface area contributed by atoms with E-state index in [1.807, 2.05) is 6.92 Å². The number of methoxy groups -OCH3 is 1. The van der Waals surface area contributed by atoms with E-state index in [-0.39, 0.29) is 29.7 Å². The van der Waals surface area contributed by atoms with Gasteiger partial charge in [0.15, 0.2) is 11.6 Å². The Hall–Kier alpha value is -1.62. The van der Waals surface area contributed by atoms with E-state index in [1.165, 1.54) is 13.2 Å². The first-order valence-electron chi connectivity index (χ1n) is 7.39. The number of rotatable bonds is 5. The Morgan fingerprint density at radius 3 is 2.86 bits per heavy atom. The molecular formula is C16H23FN2O2. The van der Waals surface area contributed by atoms with Gasteiger partial charge in [-0.25, -0.2) is 4.39 Å². The van der Waals surface area contributed by atoms with E-state index >= 15 is 0 Å². The van der Waals surface area contributed by atoms with Crippen molar-refractivity contribution in [1.29, 1.82) is 0 Å². The Morgan fingerprint density at radius 1 is 1.52 bits per heavy atom. The molecule has 1 aliphatic rings. The molecule has 1 aromatic carbocycles. The van der Waals surface area contributed by atoms with E-state index < -0.39 is 5.82 Å². The van der Waals surface area contributed by atoms with Crippen LogP contribution in [0.3, 0.4) is 0 Å². The lowest BCUT2D eigenvalue weighted by molar-refractivity contribution is -0.122. The van der Waals surface area contributed by atoms with Crippen LogP contribution >= 0.6 is 0 Å². The molecule has 3 atom stereocenters. The van der Waals surface area contributed by atoms with E-state index in [0.29, 0.717) is 6.42 Å². The largest absolute Gasteiger partial charge is 0.494 e. The normalized spacial score (nSPS) is 22.9. The minimum absolute atomic E-state index is 0.0268. The van der Waals surface area contributed by atoms with Crippen LogP contribution < -0.4 is 15.8 Å². The maximum absolute atomic E-state index is 13.7. The predicted octanol–water partition coefficient (Wildman–Crippen LogP) is 2.53. The topological polar surface area (TPSA) is 64.3 Å². The smallest absolute Gasteiger partial charge is 0.220 e. The molecule has 0 saturated heterocycles. The van der Waals surface area contributed by atoms with Crippen molar-refractivity contribution < 1.29 is 13.9 Å². The molecule has 0 aliphatic heterocycles. The summed E-state index contributed by atoms with van der Waals surface area (Å²) in [6, 6.07) is 4.61. The molecule has 1 aromatic rings. The lowest BCUT2D eigenvalue weighted by Crippen LogP contribution is -2.32. The third-order valence-electron chi connectivity index (χ3n) is 4.22. The third-order valence-corrected chi connectivity index (χ3v) is 4.22. The second-order valence-electron chi connectivity index (χ2n) is 5.74. The number of nitrogens with two attached hydrogens (primary N) is 1. The molecule has 116 valence electrons. The number of halogens is 1. The van der Waals surface area contributed by atoms with Gasteiger partial charge in [0, 0.05) is 12.5 Å². The number of ether oxygens (including phenoxy) is 1. The summed E-state index contributed by atoms with van der Waals surface area (Å²) in [6.45, 7) is 1.84. The number of benzene rings is 1. The van der Waals surface area contributed by atoms with Crippen LogP contribution in [0.15, 0.2) is 18.2 Å². The molecule has 1 aliphatic carbocycles. The fourth-order valence-electron chi connectivity index (χ4n) is 2.89. The molecule has 1 fully saturated rings. The highest BCUT2D eigenvalue weighted by Crippen LogP contribution is 2.27. The SMILES string of the molecule is COc1ccc(C(C)NC(=O)C[C@@H]2CCC[C@H]2N)cc1F. The van der Waals surface area contributed by atoms with Gasteiger partial charge in [-0.05, 0) is 43.4 Å². The van der Waals surface area contributed by atoms with E-state index in [4.69, 9.17) is 10.5 Å². The minimum Gasteiger partial charge on any atom is -0.494 e. The second-order valence-corrected chi connectivity index (χ2v) is 5.74. The number of amides is 1. The standard InChI is InChI=1S/C16H23FN2O2/c1-10(11-6-7-15(21-2)13(17)8-11)19-16(20)9-12-4-3-5-14(12)18/h6-8,10,12,14H,3-5,9,18H2,1-2H3,(H,19,20)/t10?,12-,14+/m0/s1. The van der Waals surface area contributed by atoms with Crippen molar-refractivity contribution in [2.45, 2.75) is 44.7 Å². The Balaban J connectivity index is 1.92. The van der Waals surface area contributed by atoms with E-state index in [9.17, 15) is 9.18 Å². The average Bonchev–Trinajstić information content (AvgIpc) is 2.84. The summed E-state index contributed by atoms with van der Waals surface area (Å²) < 4.78 is 18.6. The minimum atomic E-state index is -0.422. The van der Waals surface area contributed by atoms with Crippen LogP contribution in [-0.4, -0.2) is 19.1 Å². The van der Waals surface area contributed by atoms with Gasteiger partial charge in [0.1, 0.15) is 0 Å². The van der Waals surface area contributed by atoms with Gasteiger partial charge in [-0.2, -0.15) is 0 Å². The lowest BCUT2D eigenvalue weighted by atomic mass is 9.99. The van der Waals surface area contributed by atoms with Gasteiger partial charge in [-0.15, -0.1) is 0 Å². The highest BCUT2D eigenvalue weighted by atomic mass is 19.1. The van der Waals surface area contributed by atoms with Crippen molar-refractivity contribution in [3.05, 3.63) is 29.6 Å². The number of nitrogens with one attached hydrogen (secondary N) is 1. The number of hydrogen-bond acceptors (Lipinski definition) is 3. The first kappa shape index (κ1) is 15.8. The molecule has 1 saturated carbocycles. The van der Waals surface area contributed by atoms with Crippen molar-refractivity contribution in [1.82, 2.24) is 5.32 Å². The van der Waals surface area contributed by atoms with Gasteiger partial charge in [0.25, 0.3) is 0 Å². The van der Waals surface area contributed by atoms with Crippen LogP contribution in [0.1, 0.15) is 44.2 Å². The van der Waals surface area contributed by atoms with Crippen LogP contribution in [0.4, 0.5) is 4.39 Å². The monoisotopic (exact) mass is 294 g/mol. The van der Waals surface area contributed by atoms with Crippen molar-refractivity contribution in [2.24, 2.45) is 11.7 Å². The Labute approximate surface area is 124 Å². The van der Waals surface area contributed by atoms with Crippen molar-refractivity contribution in [3.63, 3.8) is 0 Å². The van der Waals surface area contributed by atoms with Gasteiger partial charge in [0.05, 0.1) is 13.2 Å². The lowest BCUT2D eigenvalue weighted by Gasteiger charge is -2.18. The van der Waals surface area contributed by atoms with Gasteiger partial charge >= 0.3 is 0 Å². The zero-order chi connectivity index (χ0) is 15.4. The van der Waals surface area contributed by atoms with Gasteiger partial charge in [0.2, 0.25) is 5.91 Å². The molecular weight excluding hydrogens is 271 g/mol. The van der Waals surface area contributed by atoms with E-state index in [0.717, 1.165) is 24.8 Å². The Kier molecular flexibility index (Phi) is 5.17. The van der Waals surface area contributed by atoms with Crippen LogP contribution in [0.2, 0.25) is 0 Å². The van der Waals surface area contributed by atoms with Crippen LogP contribution in [0, 0.1) is 11.7 Å². The number of hydrogen-bond donors (Lipinski definition) is 2. The summed E-state index contributed by atoms with van der Waals surface area (Å²) in [5.74, 6) is 0.0222. The fourth-order valence-corrected chi connectivity index (χ4v) is 2.89. The molecule has 0 aromatic heterocycles. The summed E-state index contributed by atoms with van der Waals surface area (Å²) in [4.78, 5) is 12.1. The highest BCUT2D eigenvalue weighted by molar-refractivity contribution is 5.76. The van der Waals surface area contributed by atoms with E-state index in [1.54, 1.807) is 12.1 Å². The van der Waals surface area contributed by atoms with Crippen molar-refractivity contribution in [3.8, 4) is 5.75 Å². The molecule has 0 spiro atoms. The average molecular weight is 294 g/mol. The number of carbonyl (C=O) groups is 1. The van der Waals surface area contributed by atoms with Crippen molar-refractivity contribution >= 4 is 5.91 Å². The molecule has 0 bridgehead atoms. The van der Waals surface area contributed by atoms with Crippen LogP contribution in [0.5, 0.6) is 5.75 Å². The molecule has 1 amide bonds. The summed E-state index contributed by atoms with van der Waals surface area (Å²) in [5.41, 5.74) is 6.70. The van der Waals surface area contributed by atoms with Crippen molar-refractivity contribution in [2.75, 3.05) is 7.11 Å². The highest BCUT2D eigenvalue weighted by Gasteiger charge is 2.26. The molecule has 4 nitrogen and oxygen atoms in total. The molecule has 2 rings (SSSR count). The maximum Gasteiger partial charge on any atom is 0.220 e. The summed E-state index contributed by atoms with van der Waals surface area (Å²) in [7, 11) is 1.42.